The first-order valence-corrected chi connectivity index (χ1v) is 22.7. The first kappa shape index (κ1) is 51.4. The number of hydrogen-bond donors (Lipinski definition) is 6. The van der Waals surface area contributed by atoms with Gasteiger partial charge < -0.3 is 40.3 Å². The molecule has 7 atom stereocenters. The summed E-state index contributed by atoms with van der Waals surface area (Å²) in [5.41, 5.74) is 0. The molecule has 9 nitrogen and oxygen atoms in total. The van der Waals surface area contributed by atoms with Crippen LogP contribution in [-0.4, -0.2) is 87.5 Å². The zero-order valence-electron chi connectivity index (χ0n) is 35.2. The Hall–Kier alpha value is -1.59. The molecule has 7 unspecified atom stereocenters. The maximum atomic E-state index is 12.9. The zero-order chi connectivity index (χ0) is 40.2. The summed E-state index contributed by atoms with van der Waals surface area (Å²) < 4.78 is 11.2. The quantitative estimate of drug-likeness (QED) is 0.0270. The lowest BCUT2D eigenvalue weighted by atomic mass is 9.99. The van der Waals surface area contributed by atoms with Gasteiger partial charge in [0.25, 0.3) is 0 Å². The Morgan fingerprint density at radius 3 is 1.51 bits per heavy atom. The minimum atomic E-state index is -1.57. The van der Waals surface area contributed by atoms with E-state index in [0.717, 1.165) is 51.4 Å². The van der Waals surface area contributed by atoms with Crippen LogP contribution in [0.5, 0.6) is 0 Å². The van der Waals surface area contributed by atoms with Gasteiger partial charge in [0, 0.05) is 6.42 Å². The number of ether oxygens (including phenoxy) is 2. The average molecular weight is 780 g/mol. The first-order valence-electron chi connectivity index (χ1n) is 22.7. The molecule has 1 heterocycles. The van der Waals surface area contributed by atoms with Gasteiger partial charge in [-0.1, -0.05) is 185 Å². The topological polar surface area (TPSA) is 149 Å². The predicted octanol–water partition coefficient (Wildman–Crippen LogP) is 9.28. The highest BCUT2D eigenvalue weighted by atomic mass is 16.7. The summed E-state index contributed by atoms with van der Waals surface area (Å²) in [6.07, 6.45) is 37.7. The second kappa shape index (κ2) is 36.7. The molecule has 0 aromatic rings. The lowest BCUT2D eigenvalue weighted by Crippen LogP contribution is -2.60. The van der Waals surface area contributed by atoms with Crippen molar-refractivity contribution in [1.82, 2.24) is 5.32 Å². The van der Waals surface area contributed by atoms with Crippen LogP contribution in [0.1, 0.15) is 194 Å². The van der Waals surface area contributed by atoms with Crippen molar-refractivity contribution >= 4 is 5.91 Å². The highest BCUT2D eigenvalue weighted by Crippen LogP contribution is 2.22. The molecule has 9 heteroatoms. The predicted molar refractivity (Wildman–Crippen MR) is 226 cm³/mol. The number of carbonyl (C=O) groups is 1. The third-order valence-electron chi connectivity index (χ3n) is 10.7. The van der Waals surface area contributed by atoms with E-state index in [9.17, 15) is 30.3 Å². The van der Waals surface area contributed by atoms with Gasteiger partial charge in [-0.05, 0) is 38.5 Å². The Balaban J connectivity index is 2.33. The number of amides is 1. The third kappa shape index (κ3) is 27.6. The van der Waals surface area contributed by atoms with Gasteiger partial charge in [0.05, 0.1) is 25.4 Å². The van der Waals surface area contributed by atoms with Crippen molar-refractivity contribution in [3.8, 4) is 0 Å². The van der Waals surface area contributed by atoms with Crippen LogP contribution in [0.25, 0.3) is 0 Å². The Labute approximate surface area is 336 Å². The second-order valence-corrected chi connectivity index (χ2v) is 15.8. The van der Waals surface area contributed by atoms with Crippen LogP contribution < -0.4 is 5.32 Å². The number of aliphatic hydroxyl groups is 5. The number of rotatable bonds is 37. The van der Waals surface area contributed by atoms with E-state index in [-0.39, 0.29) is 12.5 Å². The van der Waals surface area contributed by atoms with Crippen molar-refractivity contribution in [2.75, 3.05) is 13.2 Å². The summed E-state index contributed by atoms with van der Waals surface area (Å²) in [5.74, 6) is -0.191. The fraction of sp³-hybridized carbons (Fsp3) is 0.848. The molecule has 6 N–H and O–H groups in total. The fourth-order valence-electron chi connectivity index (χ4n) is 7.00. The molecule has 0 spiro atoms. The molecule has 1 fully saturated rings. The van der Waals surface area contributed by atoms with Gasteiger partial charge in [-0.15, -0.1) is 0 Å². The molecule has 0 aromatic carbocycles. The van der Waals surface area contributed by atoms with Crippen LogP contribution in [0.4, 0.5) is 0 Å². The monoisotopic (exact) mass is 780 g/mol. The number of hydrogen-bond acceptors (Lipinski definition) is 8. The number of aliphatic hydroxyl groups excluding tert-OH is 5. The molecule has 1 amide bonds. The molecule has 1 rings (SSSR count). The lowest BCUT2D eigenvalue weighted by Gasteiger charge is -2.40. The lowest BCUT2D eigenvalue weighted by molar-refractivity contribution is -0.302. The van der Waals surface area contributed by atoms with Crippen molar-refractivity contribution in [3.05, 3.63) is 36.5 Å². The SMILES string of the molecule is CCCC/C=C/CC/C=C/CC/C=C/C(O)C(COC1OC(CO)C(O)C(O)C1O)NC(=O)CCCCCCCCCCCCCCCCCCCCCC. The minimum Gasteiger partial charge on any atom is -0.394 e. The van der Waals surface area contributed by atoms with Gasteiger partial charge in [-0.25, -0.2) is 0 Å². The summed E-state index contributed by atoms with van der Waals surface area (Å²) >= 11 is 0. The molecule has 55 heavy (non-hydrogen) atoms. The highest BCUT2D eigenvalue weighted by molar-refractivity contribution is 5.76. The standard InChI is InChI=1S/C46H85NO8/c1-3-5-7-9-11-13-15-17-18-19-20-21-22-23-24-26-28-30-32-34-36-42(50)47-39(38-54-46-45(53)44(52)43(51)41(37-48)55-46)40(49)35-33-31-29-27-25-16-14-12-10-8-6-4-2/h10,12,25,27,33,35,39-41,43-46,48-49,51-53H,3-9,11,13-24,26,28-32,34,36-38H2,1-2H3,(H,47,50)/b12-10+,27-25+,35-33+. The Morgan fingerprint density at radius 1 is 0.600 bits per heavy atom. The number of nitrogens with one attached hydrogen (secondary N) is 1. The van der Waals surface area contributed by atoms with E-state index in [1.54, 1.807) is 6.08 Å². The van der Waals surface area contributed by atoms with Crippen LogP contribution in [0.15, 0.2) is 36.5 Å². The van der Waals surface area contributed by atoms with E-state index in [4.69, 9.17) is 9.47 Å². The maximum Gasteiger partial charge on any atom is 0.220 e. The van der Waals surface area contributed by atoms with Crippen LogP contribution in [0, 0.1) is 0 Å². The van der Waals surface area contributed by atoms with Gasteiger partial charge in [0.1, 0.15) is 24.4 Å². The first-order chi connectivity index (χ1) is 26.8. The molecule has 322 valence electrons. The fourth-order valence-corrected chi connectivity index (χ4v) is 7.00. The molecule has 1 aliphatic rings. The van der Waals surface area contributed by atoms with Gasteiger partial charge in [-0.2, -0.15) is 0 Å². The largest absolute Gasteiger partial charge is 0.394 e. The van der Waals surface area contributed by atoms with E-state index in [1.807, 2.05) is 6.08 Å². The van der Waals surface area contributed by atoms with Crippen molar-refractivity contribution in [3.63, 3.8) is 0 Å². The van der Waals surface area contributed by atoms with Crippen molar-refractivity contribution in [2.24, 2.45) is 0 Å². The van der Waals surface area contributed by atoms with Crippen molar-refractivity contribution in [2.45, 2.75) is 236 Å². The van der Waals surface area contributed by atoms with Crippen molar-refractivity contribution in [1.29, 1.82) is 0 Å². The Kier molecular flexibility index (Phi) is 34.3. The van der Waals surface area contributed by atoms with Crippen LogP contribution >= 0.6 is 0 Å². The normalized spacial score (nSPS) is 21.6. The van der Waals surface area contributed by atoms with Gasteiger partial charge in [0.2, 0.25) is 5.91 Å². The van der Waals surface area contributed by atoms with Crippen LogP contribution in [-0.2, 0) is 14.3 Å². The zero-order valence-corrected chi connectivity index (χ0v) is 35.2. The molecule has 0 aromatic heterocycles. The molecule has 1 saturated heterocycles. The number of unbranched alkanes of at least 4 members (excludes halogenated alkanes) is 23. The summed E-state index contributed by atoms with van der Waals surface area (Å²) in [7, 11) is 0. The molecular formula is C46H85NO8. The Morgan fingerprint density at radius 2 is 1.04 bits per heavy atom. The third-order valence-corrected chi connectivity index (χ3v) is 10.7. The van der Waals surface area contributed by atoms with E-state index >= 15 is 0 Å². The van der Waals surface area contributed by atoms with Crippen LogP contribution in [0.3, 0.4) is 0 Å². The summed E-state index contributed by atoms with van der Waals surface area (Å²) in [6.45, 7) is 3.70. The minimum absolute atomic E-state index is 0.191. The maximum absolute atomic E-state index is 12.9. The van der Waals surface area contributed by atoms with E-state index in [0.29, 0.717) is 6.42 Å². The molecule has 0 radical (unpaired) electrons. The number of allylic oxidation sites excluding steroid dienone is 5. The van der Waals surface area contributed by atoms with Gasteiger partial charge in [0.15, 0.2) is 6.29 Å². The smallest absolute Gasteiger partial charge is 0.220 e. The van der Waals surface area contributed by atoms with E-state index < -0.39 is 49.5 Å². The molecular weight excluding hydrogens is 695 g/mol. The Bertz CT molecular complexity index is 956. The van der Waals surface area contributed by atoms with E-state index in [1.165, 1.54) is 122 Å². The highest BCUT2D eigenvalue weighted by Gasteiger charge is 2.44. The average Bonchev–Trinajstić information content (AvgIpc) is 3.18. The van der Waals surface area contributed by atoms with Crippen LogP contribution in [0.2, 0.25) is 0 Å². The molecule has 0 bridgehead atoms. The van der Waals surface area contributed by atoms with Gasteiger partial charge >= 0.3 is 0 Å². The van der Waals surface area contributed by atoms with E-state index in [2.05, 4.69) is 43.5 Å². The summed E-state index contributed by atoms with van der Waals surface area (Å²) in [4.78, 5) is 12.9. The number of carbonyl (C=O) groups excluding carboxylic acids is 1. The molecule has 1 aliphatic heterocycles. The molecule has 0 aliphatic carbocycles. The molecule has 0 saturated carbocycles. The second-order valence-electron chi connectivity index (χ2n) is 15.8. The summed E-state index contributed by atoms with van der Waals surface area (Å²) in [5, 5.41) is 54.0. The van der Waals surface area contributed by atoms with Gasteiger partial charge in [-0.3, -0.25) is 4.79 Å². The van der Waals surface area contributed by atoms with Crippen molar-refractivity contribution < 1.29 is 39.8 Å². The summed E-state index contributed by atoms with van der Waals surface area (Å²) in [6, 6.07) is -0.823.